The number of hydrogen-bond acceptors (Lipinski definition) is 15. The topological polar surface area (TPSA) is 211 Å². The van der Waals surface area contributed by atoms with Crippen molar-refractivity contribution in [3.05, 3.63) is 93.7 Å². The fourth-order valence-corrected chi connectivity index (χ4v) is 15.8. The highest BCUT2D eigenvalue weighted by molar-refractivity contribution is 7.91. The number of sulfone groups is 1. The highest BCUT2D eigenvalue weighted by Gasteiger charge is 2.51. The maximum atomic E-state index is 16.2. The number of amides is 1. The van der Waals surface area contributed by atoms with E-state index in [-0.39, 0.29) is 87.1 Å². The van der Waals surface area contributed by atoms with E-state index in [0.717, 1.165) is 63.1 Å². The molecule has 1 spiro atoms. The Bertz CT molecular complexity index is 3150. The molecule has 19 heteroatoms. The lowest BCUT2D eigenvalue weighted by molar-refractivity contribution is -0.384. The second-order valence-corrected chi connectivity index (χ2v) is 24.4. The number of nitrogens with zero attached hydrogens (tertiary/aromatic N) is 6. The summed E-state index contributed by atoms with van der Waals surface area (Å²) in [4.78, 5) is 43.1. The summed E-state index contributed by atoms with van der Waals surface area (Å²) in [6.45, 7) is 9.98. The monoisotopic (exact) mass is 1030 g/mol. The Morgan fingerprint density at radius 2 is 1.82 bits per heavy atom. The molecular weight excluding hydrogens is 963 g/mol. The third kappa shape index (κ3) is 8.15. The van der Waals surface area contributed by atoms with Crippen LogP contribution in [0.1, 0.15) is 98.7 Å². The zero-order valence-corrected chi connectivity index (χ0v) is 42.9. The first-order valence-electron chi connectivity index (χ1n) is 26.7. The maximum absolute atomic E-state index is 16.2. The van der Waals surface area contributed by atoms with Gasteiger partial charge in [-0.25, -0.2) is 8.42 Å². The van der Waals surface area contributed by atoms with Crippen molar-refractivity contribution in [2.24, 2.45) is 17.1 Å². The predicted octanol–water partition coefficient (Wildman–Crippen LogP) is 7.69. The molecular formula is C55H65N9O9S. The van der Waals surface area contributed by atoms with Gasteiger partial charge in [-0.05, 0) is 98.2 Å². The number of piperidine rings is 1. The Balaban J connectivity index is 0.887. The number of carbonyl (C=O) groups excluding carboxylic acids is 1. The van der Waals surface area contributed by atoms with Gasteiger partial charge in [0.25, 0.3) is 11.6 Å². The lowest BCUT2D eigenvalue weighted by Gasteiger charge is -2.56. The first-order chi connectivity index (χ1) is 35.8. The lowest BCUT2D eigenvalue weighted by Crippen LogP contribution is -2.55. The van der Waals surface area contributed by atoms with E-state index in [0.29, 0.717) is 80.9 Å². The van der Waals surface area contributed by atoms with Crippen molar-refractivity contribution >= 4 is 55.2 Å². The molecule has 6 fully saturated rings. The number of anilines is 4. The van der Waals surface area contributed by atoms with Gasteiger partial charge in [0, 0.05) is 86.9 Å². The Hall–Kier alpha value is -5.99. The minimum Gasteiger partial charge on any atom is -0.489 e. The summed E-state index contributed by atoms with van der Waals surface area (Å²) in [6, 6.07) is 19.4. The molecule has 5 saturated heterocycles. The first-order valence-corrected chi connectivity index (χ1v) is 28.2. The number of nitrogens with two attached hydrogens (primary N) is 1. The number of primary amides is 1. The van der Waals surface area contributed by atoms with Crippen LogP contribution >= 0.6 is 0 Å². The molecule has 8 aliphatic rings. The van der Waals surface area contributed by atoms with Crippen molar-refractivity contribution in [3.63, 3.8) is 0 Å². The number of hydrogen-bond donors (Lipinski definition) is 3. The molecule has 7 aliphatic heterocycles. The first kappa shape index (κ1) is 47.7. The number of rotatable bonds is 11. The summed E-state index contributed by atoms with van der Waals surface area (Å²) in [5.74, 6) is -0.299. The van der Waals surface area contributed by atoms with E-state index >= 15 is 8.42 Å². The van der Waals surface area contributed by atoms with Crippen molar-refractivity contribution in [2.75, 3.05) is 80.8 Å². The molecule has 1 aliphatic carbocycles. The molecule has 3 aromatic carbocycles. The molecule has 1 amide bonds. The van der Waals surface area contributed by atoms with Crippen LogP contribution in [0.5, 0.6) is 11.6 Å². The molecule has 0 radical (unpaired) electrons. The van der Waals surface area contributed by atoms with Crippen molar-refractivity contribution in [1.82, 2.24) is 19.8 Å². The molecule has 0 unspecified atom stereocenters. The largest absolute Gasteiger partial charge is 0.489 e. The van der Waals surface area contributed by atoms with Crippen molar-refractivity contribution < 1.29 is 37.1 Å². The van der Waals surface area contributed by atoms with Crippen LogP contribution in [0.2, 0.25) is 0 Å². The third-order valence-corrected chi connectivity index (χ3v) is 19.6. The number of likely N-dealkylation sites (tertiary alicyclic amines) is 2. The number of carbonyl (C=O) groups is 1. The van der Waals surface area contributed by atoms with Crippen LogP contribution < -0.4 is 30.3 Å². The summed E-state index contributed by atoms with van der Waals surface area (Å²) in [5.41, 5.74) is 10.5. The van der Waals surface area contributed by atoms with Crippen LogP contribution in [0.3, 0.4) is 0 Å². The highest BCUT2D eigenvalue weighted by atomic mass is 32.2. The molecule has 13 rings (SSSR count). The number of H-pyrrole nitrogens is 1. The Kier molecular flexibility index (Phi) is 11.9. The maximum Gasteiger partial charge on any atom is 0.297 e. The number of morpholine rings is 1. The van der Waals surface area contributed by atoms with E-state index < -0.39 is 26.4 Å². The quantitative estimate of drug-likeness (QED) is 0.0855. The smallest absolute Gasteiger partial charge is 0.297 e. The molecule has 5 aromatic rings. The van der Waals surface area contributed by atoms with Crippen molar-refractivity contribution in [3.8, 4) is 11.6 Å². The van der Waals surface area contributed by atoms with Gasteiger partial charge in [0.2, 0.25) is 15.7 Å². The molecule has 74 heavy (non-hydrogen) atoms. The van der Waals surface area contributed by atoms with Crippen molar-refractivity contribution in [2.45, 2.75) is 117 Å². The van der Waals surface area contributed by atoms with Gasteiger partial charge in [0.15, 0.2) is 11.4 Å². The number of pyridine rings is 1. The fraction of sp³-hybridized carbons (Fsp3) is 0.527. The van der Waals surface area contributed by atoms with Crippen LogP contribution in [-0.4, -0.2) is 135 Å². The Labute approximate surface area is 430 Å². The molecule has 1 saturated carbocycles. The predicted molar refractivity (Wildman–Crippen MR) is 279 cm³/mol. The SMILES string of the molecule is CC(C)c1ccccc1[C@@H]1CCCN1C1CC2(CCN(c3ccc(C(N)=O)c(N4C[C@@H]5COCC[C@@H]5Oc5nc6[nH]ccc6cc54)c3S(=O)(=O)c3cc4c(c([N+](=O)[O-])c3)N[C@@H](CN3C[C@H]5C[C@@H]3CO5)CO4)CC2)C1. The number of fused-ring (bicyclic) bond motifs is 6. The van der Waals surface area contributed by atoms with E-state index in [1.807, 2.05) is 17.0 Å². The summed E-state index contributed by atoms with van der Waals surface area (Å²) in [6.07, 6.45) is 9.37. The molecule has 9 heterocycles. The highest BCUT2D eigenvalue weighted by Crippen LogP contribution is 2.56. The van der Waals surface area contributed by atoms with E-state index in [2.05, 4.69) is 63.1 Å². The second-order valence-electron chi connectivity index (χ2n) is 22.5. The van der Waals surface area contributed by atoms with Crippen LogP contribution in [0.4, 0.5) is 28.4 Å². The van der Waals surface area contributed by atoms with Gasteiger partial charge in [-0.3, -0.25) is 24.7 Å². The van der Waals surface area contributed by atoms with Crippen LogP contribution in [-0.2, 0) is 19.3 Å². The average molecular weight is 1030 g/mol. The number of aromatic nitrogens is 2. The Morgan fingerprint density at radius 1 is 0.986 bits per heavy atom. The number of nitrogens with one attached hydrogen (secondary N) is 2. The zero-order valence-electron chi connectivity index (χ0n) is 42.0. The summed E-state index contributed by atoms with van der Waals surface area (Å²) in [5, 5.41) is 17.2. The molecule has 18 nitrogen and oxygen atoms in total. The number of aromatic amines is 1. The normalized spacial score (nSPS) is 26.7. The second kappa shape index (κ2) is 18.4. The van der Waals surface area contributed by atoms with E-state index in [9.17, 15) is 14.9 Å². The zero-order chi connectivity index (χ0) is 50.6. The van der Waals surface area contributed by atoms with E-state index in [1.165, 1.54) is 23.6 Å². The molecule has 2 bridgehead atoms. The number of benzene rings is 3. The van der Waals surface area contributed by atoms with Crippen LogP contribution in [0.15, 0.2) is 76.7 Å². The van der Waals surface area contributed by atoms with E-state index in [1.54, 1.807) is 18.3 Å². The fourth-order valence-electron chi connectivity index (χ4n) is 14.0. The van der Waals surface area contributed by atoms with Crippen molar-refractivity contribution in [1.29, 1.82) is 0 Å². The van der Waals surface area contributed by atoms with Gasteiger partial charge in [-0.15, -0.1) is 0 Å². The van der Waals surface area contributed by atoms with E-state index in [4.69, 9.17) is 29.7 Å². The summed E-state index contributed by atoms with van der Waals surface area (Å²) < 4.78 is 57.3. The summed E-state index contributed by atoms with van der Waals surface area (Å²) >= 11 is 0. The average Bonchev–Trinajstić information content (AvgIpc) is 4.23. The van der Waals surface area contributed by atoms with Crippen LogP contribution in [0.25, 0.3) is 11.0 Å². The van der Waals surface area contributed by atoms with Gasteiger partial charge < -0.3 is 44.8 Å². The molecule has 2 aromatic heterocycles. The molecule has 6 atom stereocenters. The van der Waals surface area contributed by atoms with Gasteiger partial charge in [0.05, 0.1) is 58.7 Å². The third-order valence-electron chi connectivity index (χ3n) is 17.8. The van der Waals surface area contributed by atoms with Gasteiger partial charge in [-0.1, -0.05) is 38.1 Å². The number of nitro groups is 1. The Morgan fingerprint density at radius 3 is 2.59 bits per heavy atom. The summed E-state index contributed by atoms with van der Waals surface area (Å²) in [7, 11) is -4.77. The van der Waals surface area contributed by atoms with Crippen LogP contribution in [0, 0.1) is 21.4 Å². The molecule has 4 N–H and O–H groups in total. The minimum absolute atomic E-state index is 0.0219. The van der Waals surface area contributed by atoms with Gasteiger partial charge >= 0.3 is 0 Å². The number of nitro benzene ring substituents is 1. The van der Waals surface area contributed by atoms with Gasteiger partial charge in [0.1, 0.15) is 28.9 Å². The number of ether oxygens (including phenoxy) is 4. The lowest BCUT2D eigenvalue weighted by atomic mass is 9.59. The van der Waals surface area contributed by atoms with Gasteiger partial charge in [-0.2, -0.15) is 4.98 Å². The standard InChI is InChI=1S/C55H65N9O9S/c1-32(2)40-6-3-4-7-41(40)43-8-5-16-62(43)37-24-55(25-37)13-17-60(18-14-55)44-10-9-42(52(56)65)50(63-26-34-29-70-19-12-47(34)73-54-46(63)20-33-11-15-57-53(33)59-54)51(44)74(68,69)39-22-45(64(66)67)49-48(23-39)72-30-35(58-49)27-61-28-38-21-36(61)31-71-38/h3-4,6-7,9-11,15,20,22-23,32,34-38,43,47,58H,5,8,12-14,16-19,21,24-31H2,1-2H3,(H2,56,65)(H,57,59)/t34-,35+,36-,38-,43+,47+/m1/s1. The molecule has 390 valence electrons. The minimum atomic E-state index is -4.77.